The van der Waals surface area contributed by atoms with E-state index in [2.05, 4.69) is 15.5 Å². The van der Waals surface area contributed by atoms with Crippen molar-refractivity contribution in [1.29, 1.82) is 0 Å². The lowest BCUT2D eigenvalue weighted by Crippen LogP contribution is -2.16. The third-order valence-electron chi connectivity index (χ3n) is 2.80. The van der Waals surface area contributed by atoms with Gasteiger partial charge in [-0.15, -0.1) is 0 Å². The van der Waals surface area contributed by atoms with E-state index >= 15 is 0 Å². The van der Waals surface area contributed by atoms with E-state index in [1.165, 1.54) is 25.7 Å². The maximum atomic E-state index is 5.17. The van der Waals surface area contributed by atoms with Gasteiger partial charge < -0.3 is 9.84 Å². The highest BCUT2D eigenvalue weighted by molar-refractivity contribution is 4.92. The second kappa shape index (κ2) is 3.35. The van der Waals surface area contributed by atoms with Crippen molar-refractivity contribution in [2.45, 2.75) is 44.7 Å². The molecule has 1 aromatic heterocycles. The van der Waals surface area contributed by atoms with Crippen LogP contribution in [0.5, 0.6) is 0 Å². The number of nitrogens with one attached hydrogen (secondary N) is 1. The van der Waals surface area contributed by atoms with E-state index in [4.69, 9.17) is 4.52 Å². The third kappa shape index (κ3) is 2.12. The molecule has 4 nitrogen and oxygen atoms in total. The van der Waals surface area contributed by atoms with Crippen molar-refractivity contribution in [3.63, 3.8) is 0 Å². The minimum Gasteiger partial charge on any atom is -0.339 e. The summed E-state index contributed by atoms with van der Waals surface area (Å²) in [4.78, 5) is 4.35. The van der Waals surface area contributed by atoms with Gasteiger partial charge in [0.15, 0.2) is 5.82 Å². The van der Waals surface area contributed by atoms with Gasteiger partial charge in [-0.3, -0.25) is 0 Å². The molecule has 3 rings (SSSR count). The predicted molar refractivity (Wildman–Crippen MR) is 50.6 cm³/mol. The van der Waals surface area contributed by atoms with Gasteiger partial charge in [-0.1, -0.05) is 5.16 Å². The van der Waals surface area contributed by atoms with Crippen LogP contribution in [0.15, 0.2) is 4.52 Å². The molecule has 1 aromatic rings. The first-order chi connectivity index (χ1) is 6.90. The minimum atomic E-state index is 0.709. The molecule has 0 amide bonds. The SMILES string of the molecule is C(NC1CC1)c1noc(CC2CC2)n1. The molecule has 0 unspecified atom stereocenters. The van der Waals surface area contributed by atoms with Crippen LogP contribution in [-0.4, -0.2) is 16.2 Å². The van der Waals surface area contributed by atoms with Crippen molar-refractivity contribution in [1.82, 2.24) is 15.5 Å². The van der Waals surface area contributed by atoms with Crippen LogP contribution in [-0.2, 0) is 13.0 Å². The normalized spacial score (nSPS) is 21.4. The summed E-state index contributed by atoms with van der Waals surface area (Å²) < 4.78 is 5.17. The van der Waals surface area contributed by atoms with Gasteiger partial charge in [0, 0.05) is 12.5 Å². The second-order valence-corrected chi connectivity index (χ2v) is 4.41. The number of aromatic nitrogens is 2. The molecule has 0 aliphatic heterocycles. The topological polar surface area (TPSA) is 51.0 Å². The quantitative estimate of drug-likeness (QED) is 0.765. The van der Waals surface area contributed by atoms with Gasteiger partial charge in [0.1, 0.15) is 0 Å². The van der Waals surface area contributed by atoms with E-state index in [9.17, 15) is 0 Å². The Morgan fingerprint density at radius 3 is 2.86 bits per heavy atom. The Morgan fingerprint density at radius 2 is 2.14 bits per heavy atom. The van der Waals surface area contributed by atoms with E-state index in [-0.39, 0.29) is 0 Å². The fraction of sp³-hybridized carbons (Fsp3) is 0.800. The minimum absolute atomic E-state index is 0.709. The summed E-state index contributed by atoms with van der Waals surface area (Å²) in [5, 5.41) is 7.32. The van der Waals surface area contributed by atoms with Crippen LogP contribution in [0.4, 0.5) is 0 Å². The molecule has 1 heterocycles. The Morgan fingerprint density at radius 1 is 1.29 bits per heavy atom. The number of hydrogen-bond donors (Lipinski definition) is 1. The molecule has 1 N–H and O–H groups in total. The molecule has 0 spiro atoms. The fourth-order valence-electron chi connectivity index (χ4n) is 1.54. The molecule has 14 heavy (non-hydrogen) atoms. The molecular weight excluding hydrogens is 178 g/mol. The third-order valence-corrected chi connectivity index (χ3v) is 2.80. The molecule has 0 radical (unpaired) electrons. The largest absolute Gasteiger partial charge is 0.339 e. The second-order valence-electron chi connectivity index (χ2n) is 4.41. The van der Waals surface area contributed by atoms with Gasteiger partial charge in [-0.2, -0.15) is 4.98 Å². The summed E-state index contributed by atoms with van der Waals surface area (Å²) in [7, 11) is 0. The van der Waals surface area contributed by atoms with Crippen LogP contribution in [0.2, 0.25) is 0 Å². The van der Waals surface area contributed by atoms with E-state index in [0.29, 0.717) is 6.04 Å². The van der Waals surface area contributed by atoms with E-state index in [0.717, 1.165) is 30.6 Å². The highest BCUT2D eigenvalue weighted by Gasteiger charge is 2.25. The molecule has 0 atom stereocenters. The average molecular weight is 193 g/mol. The summed E-state index contributed by atoms with van der Waals surface area (Å²) in [5.41, 5.74) is 0. The molecule has 2 aliphatic carbocycles. The molecule has 2 aliphatic rings. The zero-order valence-corrected chi connectivity index (χ0v) is 8.20. The number of rotatable bonds is 5. The molecule has 76 valence electrons. The fourth-order valence-corrected chi connectivity index (χ4v) is 1.54. The molecule has 4 heteroatoms. The van der Waals surface area contributed by atoms with E-state index in [1.54, 1.807) is 0 Å². The molecule has 0 saturated heterocycles. The monoisotopic (exact) mass is 193 g/mol. The number of nitrogens with zero attached hydrogens (tertiary/aromatic N) is 2. The molecule has 2 fully saturated rings. The van der Waals surface area contributed by atoms with E-state index < -0.39 is 0 Å². The van der Waals surface area contributed by atoms with Gasteiger partial charge in [-0.25, -0.2) is 0 Å². The Labute approximate surface area is 83.1 Å². The van der Waals surface area contributed by atoms with Gasteiger partial charge in [0.05, 0.1) is 6.54 Å². The van der Waals surface area contributed by atoms with Crippen molar-refractivity contribution in [3.05, 3.63) is 11.7 Å². The van der Waals surface area contributed by atoms with Crippen LogP contribution in [0.3, 0.4) is 0 Å². The Hall–Kier alpha value is -0.900. The summed E-state index contributed by atoms with van der Waals surface area (Å²) >= 11 is 0. The first-order valence-electron chi connectivity index (χ1n) is 5.45. The summed E-state index contributed by atoms with van der Waals surface area (Å²) in [6, 6.07) is 0.709. The zero-order chi connectivity index (χ0) is 9.38. The smallest absolute Gasteiger partial charge is 0.226 e. The maximum Gasteiger partial charge on any atom is 0.226 e. The van der Waals surface area contributed by atoms with Crippen molar-refractivity contribution >= 4 is 0 Å². The lowest BCUT2D eigenvalue weighted by Gasteiger charge is -1.94. The van der Waals surface area contributed by atoms with Gasteiger partial charge in [0.25, 0.3) is 0 Å². The highest BCUT2D eigenvalue weighted by Crippen LogP contribution is 2.31. The summed E-state index contributed by atoms with van der Waals surface area (Å²) in [5.74, 6) is 2.45. The first-order valence-corrected chi connectivity index (χ1v) is 5.45. The van der Waals surface area contributed by atoms with Crippen molar-refractivity contribution in [2.24, 2.45) is 5.92 Å². The van der Waals surface area contributed by atoms with Crippen LogP contribution < -0.4 is 5.32 Å². The molecular formula is C10H15N3O. The number of hydrogen-bond acceptors (Lipinski definition) is 4. The van der Waals surface area contributed by atoms with Crippen LogP contribution in [0, 0.1) is 5.92 Å². The molecule has 0 aromatic carbocycles. The summed E-state index contributed by atoms with van der Waals surface area (Å²) in [6.07, 6.45) is 6.24. The van der Waals surface area contributed by atoms with Crippen LogP contribution >= 0.6 is 0 Å². The van der Waals surface area contributed by atoms with E-state index in [1.807, 2.05) is 0 Å². The van der Waals surface area contributed by atoms with Crippen molar-refractivity contribution < 1.29 is 4.52 Å². The van der Waals surface area contributed by atoms with Gasteiger partial charge in [-0.05, 0) is 31.6 Å². The zero-order valence-electron chi connectivity index (χ0n) is 8.20. The lowest BCUT2D eigenvalue weighted by molar-refractivity contribution is 0.366. The van der Waals surface area contributed by atoms with Gasteiger partial charge >= 0.3 is 0 Å². The molecule has 2 saturated carbocycles. The maximum absolute atomic E-state index is 5.17. The predicted octanol–water partition coefficient (Wildman–Crippen LogP) is 1.27. The first kappa shape index (κ1) is 8.41. The Balaban J connectivity index is 1.52. The van der Waals surface area contributed by atoms with Crippen molar-refractivity contribution in [3.8, 4) is 0 Å². The standard InChI is InChI=1S/C10H15N3O/c1-2-7(1)5-10-12-9(13-14-10)6-11-8-3-4-8/h7-8,11H,1-6H2. The van der Waals surface area contributed by atoms with Crippen molar-refractivity contribution in [2.75, 3.05) is 0 Å². The summed E-state index contributed by atoms with van der Waals surface area (Å²) in [6.45, 7) is 0.763. The Bertz CT molecular complexity index is 315. The molecule has 0 bridgehead atoms. The van der Waals surface area contributed by atoms with Crippen LogP contribution in [0.25, 0.3) is 0 Å². The average Bonchev–Trinajstić information content (AvgIpc) is 3.06. The highest BCUT2D eigenvalue weighted by atomic mass is 16.5. The Kier molecular flexibility index (Phi) is 2.01. The van der Waals surface area contributed by atoms with Crippen LogP contribution in [0.1, 0.15) is 37.4 Å². The van der Waals surface area contributed by atoms with Gasteiger partial charge in [0.2, 0.25) is 5.89 Å². The lowest BCUT2D eigenvalue weighted by atomic mass is 10.3.